The minimum atomic E-state index is 0.563. The first-order valence-electron chi connectivity index (χ1n) is 6.81. The Labute approximate surface area is 124 Å². The fraction of sp³-hybridized carbons (Fsp3) is 0.0526. The van der Waals surface area contributed by atoms with E-state index in [1.165, 1.54) is 0 Å². The lowest BCUT2D eigenvalue weighted by molar-refractivity contribution is 0.306. The molecule has 21 heavy (non-hydrogen) atoms. The molecular weight excluding hydrogens is 260 g/mol. The molecule has 0 aliphatic rings. The Morgan fingerprint density at radius 3 is 2.14 bits per heavy atom. The summed E-state index contributed by atoms with van der Waals surface area (Å²) >= 11 is 0. The van der Waals surface area contributed by atoms with Crippen LogP contribution >= 0.6 is 0 Å². The van der Waals surface area contributed by atoms with Crippen molar-refractivity contribution < 1.29 is 9.47 Å². The third kappa shape index (κ3) is 3.86. The van der Waals surface area contributed by atoms with Gasteiger partial charge in [-0.05, 0) is 35.9 Å². The molecule has 0 heterocycles. The molecular formula is C19H15O2. The zero-order chi connectivity index (χ0) is 14.3. The van der Waals surface area contributed by atoms with Gasteiger partial charge in [0.2, 0.25) is 0 Å². The van der Waals surface area contributed by atoms with Crippen LogP contribution in [0.3, 0.4) is 0 Å². The quantitative estimate of drug-likeness (QED) is 0.662. The Hall–Kier alpha value is -2.74. The third-order valence-electron chi connectivity index (χ3n) is 2.98. The van der Waals surface area contributed by atoms with E-state index in [2.05, 4.69) is 6.07 Å². The highest BCUT2D eigenvalue weighted by Crippen LogP contribution is 2.23. The number of ether oxygens (including phenoxy) is 2. The SMILES string of the molecule is [c]1ccccc1Oc1ccc(OCc2ccccc2)cc1. The molecule has 0 saturated heterocycles. The van der Waals surface area contributed by atoms with Crippen LogP contribution in [0.25, 0.3) is 0 Å². The average Bonchev–Trinajstić information content (AvgIpc) is 2.56. The molecule has 0 amide bonds. The molecule has 0 atom stereocenters. The second-order valence-corrected chi connectivity index (χ2v) is 4.57. The third-order valence-corrected chi connectivity index (χ3v) is 2.98. The smallest absolute Gasteiger partial charge is 0.135 e. The number of para-hydroxylation sites is 1. The molecule has 0 bridgehead atoms. The van der Waals surface area contributed by atoms with Crippen LogP contribution in [-0.2, 0) is 6.61 Å². The Morgan fingerprint density at radius 2 is 1.43 bits per heavy atom. The predicted octanol–water partition coefficient (Wildman–Crippen LogP) is 4.86. The van der Waals surface area contributed by atoms with E-state index in [-0.39, 0.29) is 0 Å². The monoisotopic (exact) mass is 275 g/mol. The first kappa shape index (κ1) is 13.3. The van der Waals surface area contributed by atoms with Gasteiger partial charge in [0.1, 0.15) is 23.9 Å². The Morgan fingerprint density at radius 1 is 0.714 bits per heavy atom. The molecule has 0 spiro atoms. The van der Waals surface area contributed by atoms with E-state index >= 15 is 0 Å². The van der Waals surface area contributed by atoms with E-state index in [1.54, 1.807) is 0 Å². The van der Waals surface area contributed by atoms with E-state index in [4.69, 9.17) is 9.47 Å². The summed E-state index contributed by atoms with van der Waals surface area (Å²) in [6.07, 6.45) is 0. The topological polar surface area (TPSA) is 18.5 Å². The van der Waals surface area contributed by atoms with Gasteiger partial charge in [-0.3, -0.25) is 0 Å². The van der Waals surface area contributed by atoms with E-state index in [1.807, 2.05) is 78.9 Å². The van der Waals surface area contributed by atoms with E-state index < -0.39 is 0 Å². The maximum Gasteiger partial charge on any atom is 0.135 e. The van der Waals surface area contributed by atoms with Crippen LogP contribution in [0.2, 0.25) is 0 Å². The van der Waals surface area contributed by atoms with Crippen molar-refractivity contribution in [2.75, 3.05) is 0 Å². The van der Waals surface area contributed by atoms with Crippen molar-refractivity contribution in [2.24, 2.45) is 0 Å². The van der Waals surface area contributed by atoms with Gasteiger partial charge in [0.05, 0.1) is 0 Å². The van der Waals surface area contributed by atoms with Gasteiger partial charge in [-0.2, -0.15) is 0 Å². The molecule has 3 rings (SSSR count). The number of benzene rings is 3. The Kier molecular flexibility index (Phi) is 4.18. The van der Waals surface area contributed by atoms with Crippen molar-refractivity contribution in [3.05, 3.63) is 90.5 Å². The molecule has 2 heteroatoms. The van der Waals surface area contributed by atoms with Gasteiger partial charge in [-0.15, -0.1) is 0 Å². The lowest BCUT2D eigenvalue weighted by atomic mass is 10.2. The number of hydrogen-bond acceptors (Lipinski definition) is 2. The van der Waals surface area contributed by atoms with Gasteiger partial charge in [0, 0.05) is 6.07 Å². The van der Waals surface area contributed by atoms with Crippen LogP contribution in [0, 0.1) is 6.07 Å². The summed E-state index contributed by atoms with van der Waals surface area (Å²) in [6.45, 7) is 0.563. The number of hydrogen-bond donors (Lipinski definition) is 0. The number of rotatable bonds is 5. The zero-order valence-corrected chi connectivity index (χ0v) is 11.5. The Bertz CT molecular complexity index is 661. The molecule has 0 saturated carbocycles. The fourth-order valence-corrected chi connectivity index (χ4v) is 1.91. The van der Waals surface area contributed by atoms with Crippen molar-refractivity contribution in [3.63, 3.8) is 0 Å². The van der Waals surface area contributed by atoms with Crippen LogP contribution in [0.1, 0.15) is 5.56 Å². The molecule has 3 aromatic carbocycles. The van der Waals surface area contributed by atoms with Crippen molar-refractivity contribution >= 4 is 0 Å². The molecule has 0 N–H and O–H groups in total. The van der Waals surface area contributed by atoms with Crippen LogP contribution in [0.15, 0.2) is 78.9 Å². The highest BCUT2D eigenvalue weighted by Gasteiger charge is 1.99. The first-order valence-corrected chi connectivity index (χ1v) is 6.81. The van der Waals surface area contributed by atoms with Crippen LogP contribution in [0.4, 0.5) is 0 Å². The predicted molar refractivity (Wildman–Crippen MR) is 82.6 cm³/mol. The van der Waals surface area contributed by atoms with Crippen molar-refractivity contribution in [2.45, 2.75) is 6.61 Å². The maximum absolute atomic E-state index is 5.73. The second kappa shape index (κ2) is 6.62. The minimum absolute atomic E-state index is 0.563. The Balaban J connectivity index is 1.59. The summed E-state index contributed by atoms with van der Waals surface area (Å²) in [5.74, 6) is 2.29. The molecule has 0 unspecified atom stereocenters. The summed E-state index contributed by atoms with van der Waals surface area (Å²) < 4.78 is 11.4. The molecule has 2 nitrogen and oxygen atoms in total. The van der Waals surface area contributed by atoms with E-state index in [0.717, 1.165) is 17.1 Å². The second-order valence-electron chi connectivity index (χ2n) is 4.57. The van der Waals surface area contributed by atoms with Crippen LogP contribution in [0.5, 0.6) is 17.2 Å². The normalized spacial score (nSPS) is 10.1. The van der Waals surface area contributed by atoms with Gasteiger partial charge < -0.3 is 9.47 Å². The van der Waals surface area contributed by atoms with Crippen molar-refractivity contribution in [1.29, 1.82) is 0 Å². The summed E-state index contributed by atoms with van der Waals surface area (Å²) in [4.78, 5) is 0. The molecule has 3 aromatic rings. The molecule has 1 radical (unpaired) electrons. The van der Waals surface area contributed by atoms with Gasteiger partial charge in [-0.25, -0.2) is 0 Å². The minimum Gasteiger partial charge on any atom is -0.489 e. The first-order chi connectivity index (χ1) is 10.4. The fourth-order valence-electron chi connectivity index (χ4n) is 1.91. The molecule has 0 aliphatic heterocycles. The van der Waals surface area contributed by atoms with E-state index in [9.17, 15) is 0 Å². The van der Waals surface area contributed by atoms with Gasteiger partial charge in [-0.1, -0.05) is 48.5 Å². The summed E-state index contributed by atoms with van der Waals surface area (Å²) in [5, 5.41) is 0. The highest BCUT2D eigenvalue weighted by atomic mass is 16.5. The highest BCUT2D eigenvalue weighted by molar-refractivity contribution is 5.35. The summed E-state index contributed by atoms with van der Waals surface area (Å²) in [7, 11) is 0. The van der Waals surface area contributed by atoms with Crippen LogP contribution in [-0.4, -0.2) is 0 Å². The molecule has 0 aliphatic carbocycles. The summed E-state index contributed by atoms with van der Waals surface area (Å²) in [6, 6.07) is 28.2. The standard InChI is InChI=1S/C19H15O2/c1-3-7-16(8-4-1)15-20-17-11-13-19(14-12-17)21-18-9-5-2-6-10-18/h1-9,11-14H,15H2. The molecule has 103 valence electrons. The summed E-state index contributed by atoms with van der Waals surface area (Å²) in [5.41, 5.74) is 1.15. The lowest BCUT2D eigenvalue weighted by Crippen LogP contribution is -1.94. The largest absolute Gasteiger partial charge is 0.489 e. The average molecular weight is 275 g/mol. The van der Waals surface area contributed by atoms with Crippen molar-refractivity contribution in [1.82, 2.24) is 0 Å². The zero-order valence-electron chi connectivity index (χ0n) is 11.5. The van der Waals surface area contributed by atoms with Crippen LogP contribution < -0.4 is 9.47 Å². The van der Waals surface area contributed by atoms with Crippen molar-refractivity contribution in [3.8, 4) is 17.2 Å². The van der Waals surface area contributed by atoms with Gasteiger partial charge >= 0.3 is 0 Å². The van der Waals surface area contributed by atoms with Gasteiger partial charge in [0.25, 0.3) is 0 Å². The lowest BCUT2D eigenvalue weighted by Gasteiger charge is -2.08. The maximum atomic E-state index is 5.73. The van der Waals surface area contributed by atoms with E-state index in [0.29, 0.717) is 12.4 Å². The van der Waals surface area contributed by atoms with Gasteiger partial charge in [0.15, 0.2) is 0 Å². The molecule has 0 fully saturated rings. The molecule has 0 aromatic heterocycles.